The molecule has 2 heterocycles. The number of alkyl halides is 3. The van der Waals surface area contributed by atoms with E-state index in [2.05, 4.69) is 21.2 Å². The van der Waals surface area contributed by atoms with Crippen LogP contribution in [-0.4, -0.2) is 35.8 Å². The number of benzene rings is 1. The Bertz CT molecular complexity index is 825. The number of rotatable bonds is 3. The summed E-state index contributed by atoms with van der Waals surface area (Å²) >= 11 is 3.13. The van der Waals surface area contributed by atoms with Crippen LogP contribution in [0.4, 0.5) is 13.2 Å². The molecule has 1 aromatic heterocycles. The van der Waals surface area contributed by atoms with Crippen molar-refractivity contribution in [3.63, 3.8) is 0 Å². The standard InChI is InChI=1S/C18H16BrF3N2O3/c19-15-6-5-14(27-15)16(25)23-13-7-9-24(10-8-13)17(26)11-1-3-12(4-2-11)18(20,21)22/h1-6,13H,7-10H2,(H,23,25). The number of nitrogens with one attached hydrogen (secondary N) is 1. The van der Waals surface area contributed by atoms with Crippen LogP contribution in [0.3, 0.4) is 0 Å². The molecule has 0 unspecified atom stereocenters. The predicted molar refractivity (Wildman–Crippen MR) is 94.2 cm³/mol. The van der Waals surface area contributed by atoms with Crippen LogP contribution in [-0.2, 0) is 6.18 Å². The Morgan fingerprint density at radius 3 is 2.22 bits per heavy atom. The maximum absolute atomic E-state index is 12.6. The Morgan fingerprint density at radius 1 is 1.07 bits per heavy atom. The molecule has 3 rings (SSSR count). The smallest absolute Gasteiger partial charge is 0.416 e. The first-order chi connectivity index (χ1) is 12.7. The van der Waals surface area contributed by atoms with E-state index in [1.165, 1.54) is 12.1 Å². The van der Waals surface area contributed by atoms with Gasteiger partial charge in [-0.25, -0.2) is 0 Å². The minimum Gasteiger partial charge on any atom is -0.444 e. The number of carbonyl (C=O) groups is 2. The lowest BCUT2D eigenvalue weighted by atomic mass is 10.0. The average Bonchev–Trinajstić information content (AvgIpc) is 3.08. The summed E-state index contributed by atoms with van der Waals surface area (Å²) in [6.07, 6.45) is -3.32. The van der Waals surface area contributed by atoms with E-state index < -0.39 is 11.7 Å². The summed E-state index contributed by atoms with van der Waals surface area (Å²) < 4.78 is 43.5. The number of amides is 2. The molecular weight excluding hydrogens is 429 g/mol. The van der Waals surface area contributed by atoms with Gasteiger partial charge < -0.3 is 14.6 Å². The fraction of sp³-hybridized carbons (Fsp3) is 0.333. The van der Waals surface area contributed by atoms with Crippen LogP contribution in [0.2, 0.25) is 0 Å². The number of piperidine rings is 1. The highest BCUT2D eigenvalue weighted by atomic mass is 79.9. The number of hydrogen-bond acceptors (Lipinski definition) is 3. The lowest BCUT2D eigenvalue weighted by Crippen LogP contribution is -2.46. The van der Waals surface area contributed by atoms with E-state index in [9.17, 15) is 22.8 Å². The van der Waals surface area contributed by atoms with E-state index in [4.69, 9.17) is 4.42 Å². The molecule has 1 saturated heterocycles. The first-order valence-electron chi connectivity index (χ1n) is 8.27. The minimum absolute atomic E-state index is 0.0990. The molecule has 2 aromatic rings. The summed E-state index contributed by atoms with van der Waals surface area (Å²) in [5, 5.41) is 2.86. The highest BCUT2D eigenvalue weighted by molar-refractivity contribution is 9.10. The van der Waals surface area contributed by atoms with Crippen molar-refractivity contribution in [1.82, 2.24) is 10.2 Å². The van der Waals surface area contributed by atoms with E-state index in [1.54, 1.807) is 17.0 Å². The molecule has 0 bridgehead atoms. The van der Waals surface area contributed by atoms with E-state index >= 15 is 0 Å². The van der Waals surface area contributed by atoms with Gasteiger partial charge in [0.1, 0.15) is 0 Å². The van der Waals surface area contributed by atoms with Gasteiger partial charge in [-0.2, -0.15) is 13.2 Å². The predicted octanol–water partition coefficient (Wildman–Crippen LogP) is 4.10. The summed E-state index contributed by atoms with van der Waals surface area (Å²) in [6.45, 7) is 0.819. The number of hydrogen-bond donors (Lipinski definition) is 1. The van der Waals surface area contributed by atoms with Gasteiger partial charge in [-0.05, 0) is 65.2 Å². The molecule has 1 fully saturated rings. The Balaban J connectivity index is 1.54. The van der Waals surface area contributed by atoms with Gasteiger partial charge in [0, 0.05) is 24.7 Å². The van der Waals surface area contributed by atoms with E-state index in [0.29, 0.717) is 30.6 Å². The second-order valence-electron chi connectivity index (χ2n) is 6.22. The molecule has 144 valence electrons. The fourth-order valence-electron chi connectivity index (χ4n) is 2.90. The number of likely N-dealkylation sites (tertiary alicyclic amines) is 1. The number of furan rings is 1. The molecule has 1 N–H and O–H groups in total. The van der Waals surface area contributed by atoms with Gasteiger partial charge >= 0.3 is 6.18 Å². The van der Waals surface area contributed by atoms with Crippen molar-refractivity contribution in [3.05, 3.63) is 58.0 Å². The van der Waals surface area contributed by atoms with Crippen molar-refractivity contribution in [1.29, 1.82) is 0 Å². The summed E-state index contributed by atoms with van der Waals surface area (Å²) in [5.74, 6) is -0.443. The maximum Gasteiger partial charge on any atom is 0.416 e. The molecule has 9 heteroatoms. The van der Waals surface area contributed by atoms with Crippen LogP contribution in [0.15, 0.2) is 45.5 Å². The minimum atomic E-state index is -4.43. The van der Waals surface area contributed by atoms with Crippen LogP contribution in [0.5, 0.6) is 0 Å². The van der Waals surface area contributed by atoms with E-state index in [0.717, 1.165) is 12.1 Å². The fourth-order valence-corrected chi connectivity index (χ4v) is 3.21. The summed E-state index contributed by atoms with van der Waals surface area (Å²) in [5.41, 5.74) is -0.573. The lowest BCUT2D eigenvalue weighted by Gasteiger charge is -2.32. The third-order valence-electron chi connectivity index (χ3n) is 4.37. The second kappa shape index (κ2) is 7.75. The quantitative estimate of drug-likeness (QED) is 0.774. The van der Waals surface area contributed by atoms with Crippen molar-refractivity contribution in [2.24, 2.45) is 0 Å². The Kier molecular flexibility index (Phi) is 5.59. The van der Waals surface area contributed by atoms with Gasteiger partial charge in [-0.3, -0.25) is 9.59 Å². The van der Waals surface area contributed by atoms with Gasteiger partial charge in [0.2, 0.25) is 0 Å². The lowest BCUT2D eigenvalue weighted by molar-refractivity contribution is -0.137. The molecule has 1 aliphatic rings. The summed E-state index contributed by atoms with van der Waals surface area (Å²) in [4.78, 5) is 26.1. The van der Waals surface area contributed by atoms with Crippen LogP contribution in [0, 0.1) is 0 Å². The Hall–Kier alpha value is -2.29. The zero-order valence-electron chi connectivity index (χ0n) is 14.1. The molecular formula is C18H16BrF3N2O3. The van der Waals surface area contributed by atoms with Crippen LogP contribution in [0.1, 0.15) is 39.3 Å². The van der Waals surface area contributed by atoms with Crippen molar-refractivity contribution < 1.29 is 27.2 Å². The van der Waals surface area contributed by atoms with E-state index in [-0.39, 0.29) is 29.2 Å². The molecule has 5 nitrogen and oxygen atoms in total. The molecule has 2 amide bonds. The van der Waals surface area contributed by atoms with Crippen LogP contribution < -0.4 is 5.32 Å². The van der Waals surface area contributed by atoms with Crippen molar-refractivity contribution >= 4 is 27.7 Å². The largest absolute Gasteiger partial charge is 0.444 e. The monoisotopic (exact) mass is 444 g/mol. The Labute approximate surface area is 161 Å². The van der Waals surface area contributed by atoms with Crippen LogP contribution in [0.25, 0.3) is 0 Å². The SMILES string of the molecule is O=C(NC1CCN(C(=O)c2ccc(C(F)(F)F)cc2)CC1)c1ccc(Br)o1. The molecule has 0 atom stereocenters. The molecule has 27 heavy (non-hydrogen) atoms. The zero-order valence-corrected chi connectivity index (χ0v) is 15.6. The molecule has 1 aliphatic heterocycles. The summed E-state index contributed by atoms with van der Waals surface area (Å²) in [7, 11) is 0. The highest BCUT2D eigenvalue weighted by Crippen LogP contribution is 2.29. The summed E-state index contributed by atoms with van der Waals surface area (Å²) in [6, 6.07) is 7.27. The first-order valence-corrected chi connectivity index (χ1v) is 9.06. The molecule has 1 aromatic carbocycles. The van der Waals surface area contributed by atoms with Crippen molar-refractivity contribution in [2.75, 3.05) is 13.1 Å². The van der Waals surface area contributed by atoms with Crippen molar-refractivity contribution in [3.8, 4) is 0 Å². The van der Waals surface area contributed by atoms with Gasteiger partial charge in [-0.1, -0.05) is 0 Å². The van der Waals surface area contributed by atoms with Gasteiger partial charge in [0.15, 0.2) is 10.4 Å². The van der Waals surface area contributed by atoms with Gasteiger partial charge in [-0.15, -0.1) is 0 Å². The van der Waals surface area contributed by atoms with Crippen molar-refractivity contribution in [2.45, 2.75) is 25.1 Å². The van der Waals surface area contributed by atoms with Crippen LogP contribution >= 0.6 is 15.9 Å². The normalized spacial score (nSPS) is 15.6. The third-order valence-corrected chi connectivity index (χ3v) is 4.80. The Morgan fingerprint density at radius 2 is 1.70 bits per heavy atom. The van der Waals surface area contributed by atoms with E-state index in [1.807, 2.05) is 0 Å². The molecule has 0 spiro atoms. The molecule has 0 saturated carbocycles. The number of halogens is 4. The maximum atomic E-state index is 12.6. The topological polar surface area (TPSA) is 62.6 Å². The third kappa shape index (κ3) is 4.71. The van der Waals surface area contributed by atoms with Gasteiger partial charge in [0.25, 0.3) is 11.8 Å². The second-order valence-corrected chi connectivity index (χ2v) is 7.00. The zero-order chi connectivity index (χ0) is 19.6. The molecule has 0 radical (unpaired) electrons. The number of carbonyl (C=O) groups excluding carboxylic acids is 2. The molecule has 0 aliphatic carbocycles. The number of nitrogens with zero attached hydrogens (tertiary/aromatic N) is 1. The van der Waals surface area contributed by atoms with Gasteiger partial charge in [0.05, 0.1) is 5.56 Å². The highest BCUT2D eigenvalue weighted by Gasteiger charge is 2.31. The first kappa shape index (κ1) is 19.5. The average molecular weight is 445 g/mol.